The summed E-state index contributed by atoms with van der Waals surface area (Å²) >= 11 is 0. The standard InChI is InChI=1S/C15H15N3O2/c1-9-8-16-14(17-9)10(2)18-15(19)13-7-11-5-3-4-6-12(11)20-13/h3-8,10H,1-2H3,(H,16,17)(H,18,19). The molecule has 0 aliphatic rings. The molecule has 0 radical (unpaired) electrons. The number of hydrogen-bond acceptors (Lipinski definition) is 3. The Balaban J connectivity index is 1.78. The van der Waals surface area contributed by atoms with Crippen LogP contribution in [0.1, 0.15) is 35.0 Å². The molecule has 5 nitrogen and oxygen atoms in total. The molecule has 1 amide bonds. The number of hydrogen-bond donors (Lipinski definition) is 2. The molecule has 0 aliphatic heterocycles. The Morgan fingerprint density at radius 3 is 2.90 bits per heavy atom. The number of amides is 1. The van der Waals surface area contributed by atoms with Gasteiger partial charge in [-0.25, -0.2) is 4.98 Å². The molecule has 1 aromatic carbocycles. The first-order valence-electron chi connectivity index (χ1n) is 6.44. The molecular weight excluding hydrogens is 254 g/mol. The first-order valence-corrected chi connectivity index (χ1v) is 6.44. The maximum atomic E-state index is 12.2. The second-order valence-corrected chi connectivity index (χ2v) is 4.80. The van der Waals surface area contributed by atoms with Crippen molar-refractivity contribution in [1.82, 2.24) is 15.3 Å². The van der Waals surface area contributed by atoms with Gasteiger partial charge in [0.25, 0.3) is 5.91 Å². The minimum Gasteiger partial charge on any atom is -0.451 e. The van der Waals surface area contributed by atoms with Crippen molar-refractivity contribution in [2.24, 2.45) is 0 Å². The summed E-state index contributed by atoms with van der Waals surface area (Å²) in [5.41, 5.74) is 1.67. The zero-order chi connectivity index (χ0) is 14.1. The number of aromatic nitrogens is 2. The Morgan fingerprint density at radius 2 is 2.20 bits per heavy atom. The smallest absolute Gasteiger partial charge is 0.287 e. The maximum Gasteiger partial charge on any atom is 0.287 e. The summed E-state index contributed by atoms with van der Waals surface area (Å²) in [5, 5.41) is 3.78. The minimum atomic E-state index is -0.247. The van der Waals surface area contributed by atoms with E-state index < -0.39 is 0 Å². The number of imidazole rings is 1. The number of nitrogens with zero attached hydrogens (tertiary/aromatic N) is 1. The van der Waals surface area contributed by atoms with Crippen molar-refractivity contribution in [3.63, 3.8) is 0 Å². The van der Waals surface area contributed by atoms with E-state index in [0.717, 1.165) is 16.9 Å². The number of aryl methyl sites for hydroxylation is 1. The number of carbonyl (C=O) groups excluding carboxylic acids is 1. The van der Waals surface area contributed by atoms with Crippen LogP contribution in [-0.4, -0.2) is 15.9 Å². The molecule has 3 rings (SSSR count). The van der Waals surface area contributed by atoms with E-state index in [-0.39, 0.29) is 11.9 Å². The van der Waals surface area contributed by atoms with E-state index in [4.69, 9.17) is 4.42 Å². The highest BCUT2D eigenvalue weighted by molar-refractivity contribution is 5.96. The van der Waals surface area contributed by atoms with Crippen molar-refractivity contribution in [2.45, 2.75) is 19.9 Å². The van der Waals surface area contributed by atoms with Gasteiger partial charge in [0.1, 0.15) is 11.4 Å². The number of carbonyl (C=O) groups is 1. The summed E-state index contributed by atoms with van der Waals surface area (Å²) in [7, 11) is 0. The largest absolute Gasteiger partial charge is 0.451 e. The Kier molecular flexibility index (Phi) is 3.02. The second kappa shape index (κ2) is 4.85. The van der Waals surface area contributed by atoms with Crippen LogP contribution in [0.2, 0.25) is 0 Å². The van der Waals surface area contributed by atoms with E-state index in [1.54, 1.807) is 12.3 Å². The number of H-pyrrole nitrogens is 1. The molecule has 2 aromatic heterocycles. The van der Waals surface area contributed by atoms with Gasteiger partial charge in [-0.1, -0.05) is 18.2 Å². The van der Waals surface area contributed by atoms with Gasteiger partial charge in [-0.05, 0) is 26.0 Å². The van der Waals surface area contributed by atoms with Gasteiger partial charge in [0.15, 0.2) is 5.76 Å². The summed E-state index contributed by atoms with van der Waals surface area (Å²) in [4.78, 5) is 19.5. The number of furan rings is 1. The molecule has 0 fully saturated rings. The third-order valence-electron chi connectivity index (χ3n) is 3.13. The average molecular weight is 269 g/mol. The average Bonchev–Trinajstić information content (AvgIpc) is 3.04. The van der Waals surface area contributed by atoms with Crippen LogP contribution >= 0.6 is 0 Å². The first kappa shape index (κ1) is 12.5. The van der Waals surface area contributed by atoms with E-state index in [2.05, 4.69) is 15.3 Å². The Hall–Kier alpha value is -2.56. The SMILES string of the molecule is Cc1cnc(C(C)NC(=O)c2cc3ccccc3o2)[nH]1. The van der Waals surface area contributed by atoms with Crippen LogP contribution in [0.15, 0.2) is 40.9 Å². The van der Waals surface area contributed by atoms with E-state index >= 15 is 0 Å². The second-order valence-electron chi connectivity index (χ2n) is 4.80. The van der Waals surface area contributed by atoms with Gasteiger partial charge in [0, 0.05) is 17.3 Å². The molecule has 1 atom stereocenters. The number of nitrogens with one attached hydrogen (secondary N) is 2. The lowest BCUT2D eigenvalue weighted by atomic mass is 10.2. The molecule has 0 aliphatic carbocycles. The predicted octanol–water partition coefficient (Wildman–Crippen LogP) is 2.96. The van der Waals surface area contributed by atoms with Crippen LogP contribution in [0.4, 0.5) is 0 Å². The van der Waals surface area contributed by atoms with Crippen molar-refractivity contribution in [3.05, 3.63) is 53.8 Å². The minimum absolute atomic E-state index is 0.204. The monoisotopic (exact) mass is 269 g/mol. The zero-order valence-corrected chi connectivity index (χ0v) is 11.3. The van der Waals surface area contributed by atoms with Crippen molar-refractivity contribution < 1.29 is 9.21 Å². The predicted molar refractivity (Wildman–Crippen MR) is 75.4 cm³/mol. The van der Waals surface area contributed by atoms with Crippen LogP contribution in [-0.2, 0) is 0 Å². The lowest BCUT2D eigenvalue weighted by molar-refractivity contribution is 0.0912. The van der Waals surface area contributed by atoms with Crippen LogP contribution in [0, 0.1) is 6.92 Å². The number of aromatic amines is 1. The molecule has 5 heteroatoms. The number of benzene rings is 1. The molecule has 0 saturated carbocycles. The van der Waals surface area contributed by atoms with Gasteiger partial charge in [0.05, 0.1) is 6.04 Å². The molecule has 3 aromatic rings. The van der Waals surface area contributed by atoms with Gasteiger partial charge >= 0.3 is 0 Å². The quantitative estimate of drug-likeness (QED) is 0.768. The van der Waals surface area contributed by atoms with Crippen LogP contribution in [0.5, 0.6) is 0 Å². The maximum absolute atomic E-state index is 12.2. The zero-order valence-electron chi connectivity index (χ0n) is 11.3. The molecular formula is C15H15N3O2. The summed E-state index contributed by atoms with van der Waals surface area (Å²) in [6.07, 6.45) is 1.74. The number of rotatable bonds is 3. The van der Waals surface area contributed by atoms with Crippen LogP contribution in [0.25, 0.3) is 11.0 Å². The van der Waals surface area contributed by atoms with Crippen molar-refractivity contribution in [2.75, 3.05) is 0 Å². The summed E-state index contributed by atoms with van der Waals surface area (Å²) in [6, 6.07) is 9.07. The Labute approximate surface area is 116 Å². The topological polar surface area (TPSA) is 70.9 Å². The molecule has 0 saturated heterocycles. The molecule has 0 spiro atoms. The highest BCUT2D eigenvalue weighted by atomic mass is 16.3. The van der Waals surface area contributed by atoms with Gasteiger partial charge in [-0.15, -0.1) is 0 Å². The van der Waals surface area contributed by atoms with Gasteiger partial charge in [-0.3, -0.25) is 4.79 Å². The first-order chi connectivity index (χ1) is 9.63. The number of fused-ring (bicyclic) bond motifs is 1. The molecule has 20 heavy (non-hydrogen) atoms. The Bertz CT molecular complexity index is 724. The number of para-hydroxylation sites is 1. The summed E-state index contributed by atoms with van der Waals surface area (Å²) in [5.74, 6) is 0.788. The molecule has 102 valence electrons. The molecule has 2 heterocycles. The van der Waals surface area contributed by atoms with Crippen molar-refractivity contribution in [3.8, 4) is 0 Å². The van der Waals surface area contributed by atoms with E-state index in [1.165, 1.54) is 0 Å². The van der Waals surface area contributed by atoms with E-state index in [9.17, 15) is 4.79 Å². The van der Waals surface area contributed by atoms with Crippen molar-refractivity contribution in [1.29, 1.82) is 0 Å². The van der Waals surface area contributed by atoms with E-state index in [0.29, 0.717) is 11.3 Å². The van der Waals surface area contributed by atoms with Crippen LogP contribution < -0.4 is 5.32 Å². The molecule has 0 bridgehead atoms. The third-order valence-corrected chi connectivity index (χ3v) is 3.13. The van der Waals surface area contributed by atoms with E-state index in [1.807, 2.05) is 38.1 Å². The molecule has 1 unspecified atom stereocenters. The van der Waals surface area contributed by atoms with Gasteiger partial charge < -0.3 is 14.7 Å². The highest BCUT2D eigenvalue weighted by Gasteiger charge is 2.16. The normalized spacial score (nSPS) is 12.5. The fraction of sp³-hybridized carbons (Fsp3) is 0.200. The fourth-order valence-electron chi connectivity index (χ4n) is 2.08. The van der Waals surface area contributed by atoms with Crippen LogP contribution in [0.3, 0.4) is 0 Å². The van der Waals surface area contributed by atoms with Gasteiger partial charge in [-0.2, -0.15) is 0 Å². The van der Waals surface area contributed by atoms with Crippen molar-refractivity contribution >= 4 is 16.9 Å². The lowest BCUT2D eigenvalue weighted by Gasteiger charge is -2.09. The summed E-state index contributed by atoms with van der Waals surface area (Å²) < 4.78 is 5.53. The Morgan fingerprint density at radius 1 is 1.40 bits per heavy atom. The summed E-state index contributed by atoms with van der Waals surface area (Å²) in [6.45, 7) is 3.79. The highest BCUT2D eigenvalue weighted by Crippen LogP contribution is 2.19. The fourth-order valence-corrected chi connectivity index (χ4v) is 2.08. The third kappa shape index (κ3) is 2.30. The van der Waals surface area contributed by atoms with Gasteiger partial charge in [0.2, 0.25) is 0 Å². The lowest BCUT2D eigenvalue weighted by Crippen LogP contribution is -2.26. The molecule has 2 N–H and O–H groups in total.